The van der Waals surface area contributed by atoms with E-state index in [4.69, 9.17) is 16.9 Å². The van der Waals surface area contributed by atoms with E-state index in [1.165, 1.54) is 0 Å². The lowest BCUT2D eigenvalue weighted by Gasteiger charge is -2.41. The summed E-state index contributed by atoms with van der Waals surface area (Å²) in [5.41, 5.74) is 11.3. The number of likely N-dealkylation sites (tertiary alicyclic amines) is 2. The number of carbonyl (C=O) groups excluding carboxylic acids is 2. The second-order valence-electron chi connectivity index (χ2n) is 11.0. The molecule has 0 bridgehead atoms. The number of amidine groups is 1. The van der Waals surface area contributed by atoms with Crippen molar-refractivity contribution in [3.63, 3.8) is 0 Å². The van der Waals surface area contributed by atoms with Crippen molar-refractivity contribution in [2.45, 2.75) is 82.5 Å². The molecule has 192 valence electrons. The predicted molar refractivity (Wildman–Crippen MR) is 122 cm³/mol. The Balaban J connectivity index is 1.46. The van der Waals surface area contributed by atoms with Crippen LogP contribution >= 0.6 is 0 Å². The number of nitrogens with zero attached hydrogens (tertiary/aromatic N) is 2. The van der Waals surface area contributed by atoms with Crippen molar-refractivity contribution in [1.82, 2.24) is 9.80 Å². The van der Waals surface area contributed by atoms with Crippen LogP contribution in [0.5, 0.6) is 0 Å². The Morgan fingerprint density at radius 1 is 0.882 bits per heavy atom. The molecule has 2 saturated heterocycles. The van der Waals surface area contributed by atoms with Gasteiger partial charge in [0.1, 0.15) is 0 Å². The number of hydrogen-bond donors (Lipinski definition) is 3. The van der Waals surface area contributed by atoms with Crippen LogP contribution in [0.4, 0.5) is 13.2 Å². The van der Waals surface area contributed by atoms with Crippen LogP contribution < -0.4 is 11.5 Å². The first-order chi connectivity index (χ1) is 16.0. The molecular weight excluding hydrogens is 447 g/mol. The van der Waals surface area contributed by atoms with Crippen LogP contribution in [-0.2, 0) is 9.59 Å². The molecule has 0 spiro atoms. The zero-order chi connectivity index (χ0) is 24.6. The van der Waals surface area contributed by atoms with Crippen molar-refractivity contribution in [1.29, 1.82) is 5.41 Å². The van der Waals surface area contributed by atoms with Crippen LogP contribution in [0.1, 0.15) is 64.2 Å². The van der Waals surface area contributed by atoms with Crippen LogP contribution in [-0.4, -0.2) is 65.3 Å². The smallest absolute Gasteiger partial charge is 0.387 e. The Hall–Kier alpha value is -1.84. The number of fused-ring (bicyclic) bond motifs is 1. The van der Waals surface area contributed by atoms with Gasteiger partial charge < -0.3 is 16.4 Å². The molecule has 4 fully saturated rings. The summed E-state index contributed by atoms with van der Waals surface area (Å²) < 4.78 is 39.3. The van der Waals surface area contributed by atoms with E-state index in [1.807, 2.05) is 0 Å². The van der Waals surface area contributed by atoms with Crippen LogP contribution in [0.25, 0.3) is 0 Å². The van der Waals surface area contributed by atoms with Crippen LogP contribution in [0.2, 0.25) is 0 Å². The fourth-order valence-electron chi connectivity index (χ4n) is 6.90. The fourth-order valence-corrected chi connectivity index (χ4v) is 6.90. The van der Waals surface area contributed by atoms with Crippen LogP contribution in [0.15, 0.2) is 0 Å². The highest BCUT2D eigenvalue weighted by Gasteiger charge is 2.50. The number of alkyl halides is 3. The molecule has 2 heterocycles. The monoisotopic (exact) mass is 485 g/mol. The first kappa shape index (κ1) is 25.3. The third kappa shape index (κ3) is 5.36. The standard InChI is InChI=1S/C24H38F3N5O2/c25-24(26,27)18-7-9-31(10-8-18)23(34)20-11-16-5-6-17(21(28)29)12-19(16)32(20)13-14-1-3-15(4-2-14)22(30)33/h14-20H,1-13H2,(H3,28,29)(H2,30,33). The van der Waals surface area contributed by atoms with Crippen molar-refractivity contribution in [2.75, 3.05) is 19.6 Å². The molecular formula is C24H38F3N5O2. The lowest BCUT2D eigenvalue weighted by molar-refractivity contribution is -0.187. The van der Waals surface area contributed by atoms with Crippen molar-refractivity contribution in [2.24, 2.45) is 41.1 Å². The summed E-state index contributed by atoms with van der Waals surface area (Å²) in [6.45, 7) is 1.05. The topological polar surface area (TPSA) is 117 Å². The molecule has 2 saturated carbocycles. The van der Waals surface area contributed by atoms with Gasteiger partial charge >= 0.3 is 6.18 Å². The van der Waals surface area contributed by atoms with E-state index in [9.17, 15) is 22.8 Å². The Kier molecular flexibility index (Phi) is 7.45. The van der Waals surface area contributed by atoms with Crippen molar-refractivity contribution < 1.29 is 22.8 Å². The summed E-state index contributed by atoms with van der Waals surface area (Å²) >= 11 is 0. The highest BCUT2D eigenvalue weighted by molar-refractivity contribution is 5.83. The molecule has 4 aliphatic rings. The van der Waals surface area contributed by atoms with Gasteiger partial charge in [0.05, 0.1) is 17.8 Å². The number of hydrogen-bond acceptors (Lipinski definition) is 4. The molecule has 34 heavy (non-hydrogen) atoms. The zero-order valence-corrected chi connectivity index (χ0v) is 19.7. The molecule has 5 N–H and O–H groups in total. The first-order valence-corrected chi connectivity index (χ1v) is 12.8. The van der Waals surface area contributed by atoms with Gasteiger partial charge in [-0.3, -0.25) is 19.9 Å². The third-order valence-corrected chi connectivity index (χ3v) is 9.02. The summed E-state index contributed by atoms with van der Waals surface area (Å²) in [7, 11) is 0. The number of nitrogens with two attached hydrogens (primary N) is 2. The number of piperidine rings is 1. The molecule has 4 unspecified atom stereocenters. The summed E-state index contributed by atoms with van der Waals surface area (Å²) in [6, 6.07) is -0.157. The second-order valence-corrected chi connectivity index (χ2v) is 11.0. The quantitative estimate of drug-likeness (QED) is 0.410. The fraction of sp³-hybridized carbons (Fsp3) is 0.875. The Morgan fingerprint density at radius 3 is 2.06 bits per heavy atom. The van der Waals surface area contributed by atoms with Crippen molar-refractivity contribution in [3.8, 4) is 0 Å². The summed E-state index contributed by atoms with van der Waals surface area (Å²) in [5, 5.41) is 7.93. The van der Waals surface area contributed by atoms with E-state index in [0.29, 0.717) is 11.8 Å². The Bertz CT molecular complexity index is 775. The molecule has 0 radical (unpaired) electrons. The molecule has 4 atom stereocenters. The largest absolute Gasteiger partial charge is 0.391 e. The molecule has 7 nitrogen and oxygen atoms in total. The van der Waals surface area contributed by atoms with Gasteiger partial charge in [0.2, 0.25) is 11.8 Å². The van der Waals surface area contributed by atoms with E-state index in [2.05, 4.69) is 4.90 Å². The van der Waals surface area contributed by atoms with Gasteiger partial charge in [0.15, 0.2) is 0 Å². The molecule has 2 aliphatic heterocycles. The number of primary amides is 1. The minimum absolute atomic E-state index is 0.0192. The molecule has 10 heteroatoms. The maximum Gasteiger partial charge on any atom is 0.391 e. The normalized spacial score (nSPS) is 35.7. The minimum Gasteiger partial charge on any atom is -0.387 e. The molecule has 0 aromatic carbocycles. The van der Waals surface area contributed by atoms with E-state index in [0.717, 1.165) is 57.9 Å². The number of nitrogens with one attached hydrogen (secondary N) is 1. The van der Waals surface area contributed by atoms with Gasteiger partial charge in [-0.05, 0) is 76.0 Å². The van der Waals surface area contributed by atoms with Crippen LogP contribution in [0.3, 0.4) is 0 Å². The Morgan fingerprint density at radius 2 is 1.50 bits per heavy atom. The predicted octanol–water partition coefficient (Wildman–Crippen LogP) is 2.87. The Labute approximate surface area is 199 Å². The lowest BCUT2D eigenvalue weighted by Crippen LogP contribution is -2.52. The maximum absolute atomic E-state index is 13.6. The average Bonchev–Trinajstić information content (AvgIpc) is 3.16. The minimum atomic E-state index is -4.20. The average molecular weight is 486 g/mol. The highest BCUT2D eigenvalue weighted by atomic mass is 19.4. The van der Waals surface area contributed by atoms with Gasteiger partial charge in [-0.2, -0.15) is 13.2 Å². The van der Waals surface area contributed by atoms with E-state index in [1.54, 1.807) is 4.90 Å². The molecule has 2 aliphatic carbocycles. The number of amides is 2. The second kappa shape index (κ2) is 10.0. The van der Waals surface area contributed by atoms with E-state index in [-0.39, 0.29) is 67.5 Å². The van der Waals surface area contributed by atoms with Crippen LogP contribution in [0, 0.1) is 35.0 Å². The highest BCUT2D eigenvalue weighted by Crippen LogP contribution is 2.44. The number of rotatable bonds is 5. The molecule has 0 aromatic heterocycles. The summed E-state index contributed by atoms with van der Waals surface area (Å²) in [6.07, 6.45) is 2.30. The van der Waals surface area contributed by atoms with Gasteiger partial charge in [-0.1, -0.05) is 0 Å². The first-order valence-electron chi connectivity index (χ1n) is 12.8. The zero-order valence-electron chi connectivity index (χ0n) is 19.7. The van der Waals surface area contributed by atoms with Gasteiger partial charge in [0.25, 0.3) is 0 Å². The van der Waals surface area contributed by atoms with Gasteiger partial charge in [-0.15, -0.1) is 0 Å². The number of halogens is 3. The molecule has 2 amide bonds. The third-order valence-electron chi connectivity index (χ3n) is 9.02. The van der Waals surface area contributed by atoms with Crippen molar-refractivity contribution >= 4 is 17.6 Å². The molecule has 4 rings (SSSR count). The molecule has 0 aromatic rings. The van der Waals surface area contributed by atoms with Gasteiger partial charge in [-0.25, -0.2) is 0 Å². The maximum atomic E-state index is 13.6. The summed E-state index contributed by atoms with van der Waals surface area (Å²) in [5.74, 6) is -0.762. The van der Waals surface area contributed by atoms with Crippen molar-refractivity contribution in [3.05, 3.63) is 0 Å². The lowest BCUT2D eigenvalue weighted by atomic mass is 9.77. The van der Waals surface area contributed by atoms with E-state index >= 15 is 0 Å². The van der Waals surface area contributed by atoms with Gasteiger partial charge in [0, 0.05) is 37.5 Å². The SMILES string of the molecule is N=C(N)C1CCC2CC(C(=O)N3CCC(C(F)(F)F)CC3)N(CC3CCC(C(N)=O)CC3)C2C1. The number of carbonyl (C=O) groups is 2. The van der Waals surface area contributed by atoms with E-state index < -0.39 is 12.1 Å². The summed E-state index contributed by atoms with van der Waals surface area (Å²) in [4.78, 5) is 29.1.